The minimum absolute atomic E-state index is 0. The molecule has 0 radical (unpaired) electrons. The van der Waals surface area contributed by atoms with Gasteiger partial charge < -0.3 is 11.4 Å². The standard InChI is InChI=1S/C7H5N3O6.HNO3.H3N/c1-4-6(9(13)14)2-5(8(11)12)3-7(4)10(15)16;2-1(3)4;/h2-3H,1H3;(H,2,3,4);1H3. The molecule has 0 aliphatic rings. The second-order valence-electron chi connectivity index (χ2n) is 3.12. The molecule has 1 aromatic carbocycles. The Morgan fingerprint density at radius 2 is 1.14 bits per heavy atom. The molecule has 0 aliphatic heterocycles. The minimum atomic E-state index is -1.50. The van der Waals surface area contributed by atoms with Gasteiger partial charge in [0.05, 0.1) is 26.9 Å². The number of nitro benzene ring substituents is 3. The van der Waals surface area contributed by atoms with E-state index >= 15 is 0 Å². The first-order valence-electron chi connectivity index (χ1n) is 4.49. The van der Waals surface area contributed by atoms with Gasteiger partial charge in [-0.15, -0.1) is 10.1 Å². The van der Waals surface area contributed by atoms with Gasteiger partial charge in [0.25, 0.3) is 22.1 Å². The second kappa shape index (κ2) is 7.89. The van der Waals surface area contributed by atoms with Crippen LogP contribution in [0.4, 0.5) is 17.1 Å². The van der Waals surface area contributed by atoms with Crippen LogP contribution in [0.2, 0.25) is 0 Å². The molecule has 0 atom stereocenters. The highest BCUT2D eigenvalue weighted by atomic mass is 16.9. The first-order chi connectivity index (χ1) is 9.07. The van der Waals surface area contributed by atoms with Gasteiger partial charge >= 0.3 is 0 Å². The fraction of sp³-hybridized carbons (Fsp3) is 0.143. The molecule has 4 N–H and O–H groups in total. The van der Waals surface area contributed by atoms with Gasteiger partial charge in [0.15, 0.2) is 0 Å². The Labute approximate surface area is 114 Å². The van der Waals surface area contributed by atoms with Crippen molar-refractivity contribution in [2.75, 3.05) is 0 Å². The Bertz CT molecular complexity index is 547. The molecule has 1 rings (SSSR count). The Morgan fingerprint density at radius 3 is 1.33 bits per heavy atom. The average Bonchev–Trinajstić information content (AvgIpc) is 2.27. The number of rotatable bonds is 3. The maximum Gasteiger partial charge on any atom is 0.291 e. The molecule has 1 aromatic rings. The first kappa shape index (κ1) is 19.9. The number of non-ortho nitro benzene ring substituents is 1. The highest BCUT2D eigenvalue weighted by Crippen LogP contribution is 2.32. The summed E-state index contributed by atoms with van der Waals surface area (Å²) in [6.45, 7) is 1.17. The summed E-state index contributed by atoms with van der Waals surface area (Å²) in [5.74, 6) is 0. The van der Waals surface area contributed by atoms with Crippen LogP contribution in [0.15, 0.2) is 12.1 Å². The maximum absolute atomic E-state index is 10.5. The zero-order valence-corrected chi connectivity index (χ0v) is 10.4. The topological polar surface area (TPSA) is 228 Å². The Morgan fingerprint density at radius 1 is 0.857 bits per heavy atom. The van der Waals surface area contributed by atoms with Crippen LogP contribution in [0, 0.1) is 47.4 Å². The van der Waals surface area contributed by atoms with E-state index in [2.05, 4.69) is 0 Å². The predicted molar refractivity (Wildman–Crippen MR) is 64.9 cm³/mol. The van der Waals surface area contributed by atoms with Crippen LogP contribution in [-0.2, 0) is 0 Å². The van der Waals surface area contributed by atoms with Crippen molar-refractivity contribution in [3.05, 3.63) is 58.2 Å². The lowest BCUT2D eigenvalue weighted by molar-refractivity contribution is -0.742. The molecule has 0 bridgehead atoms. The van der Waals surface area contributed by atoms with Crippen LogP contribution < -0.4 is 6.15 Å². The fourth-order valence-electron chi connectivity index (χ4n) is 1.15. The van der Waals surface area contributed by atoms with Gasteiger partial charge in [0, 0.05) is 0 Å². The van der Waals surface area contributed by atoms with E-state index in [0.717, 1.165) is 0 Å². The van der Waals surface area contributed by atoms with Gasteiger partial charge in [-0.05, 0) is 6.92 Å². The lowest BCUT2D eigenvalue weighted by Gasteiger charge is -1.99. The van der Waals surface area contributed by atoms with E-state index in [0.29, 0.717) is 12.1 Å². The molecule has 14 heteroatoms. The molecule has 0 amide bonds. The highest BCUT2D eigenvalue weighted by molar-refractivity contribution is 5.59. The molecule has 0 spiro atoms. The van der Waals surface area contributed by atoms with E-state index in [1.165, 1.54) is 6.92 Å². The van der Waals surface area contributed by atoms with Gasteiger partial charge in [-0.1, -0.05) is 0 Å². The zero-order valence-electron chi connectivity index (χ0n) is 10.4. The lowest BCUT2D eigenvalue weighted by Crippen LogP contribution is -2.00. The molecule has 14 nitrogen and oxygen atoms in total. The molecule has 0 aliphatic carbocycles. The predicted octanol–water partition coefficient (Wildman–Crippen LogP) is 1.53. The molecule has 0 unspecified atom stereocenters. The van der Waals surface area contributed by atoms with Crippen LogP contribution in [0.1, 0.15) is 5.56 Å². The Balaban J connectivity index is 0. The van der Waals surface area contributed by atoms with Gasteiger partial charge in [0.1, 0.15) is 5.56 Å². The minimum Gasteiger partial charge on any atom is -0.344 e. The van der Waals surface area contributed by atoms with E-state index < -0.39 is 36.9 Å². The number of hydrogen-bond acceptors (Lipinski definition) is 9. The molecule has 0 aromatic heterocycles. The summed E-state index contributed by atoms with van der Waals surface area (Å²) < 4.78 is 0. The third kappa shape index (κ3) is 5.83. The van der Waals surface area contributed by atoms with Crippen LogP contribution in [0.5, 0.6) is 0 Å². The Hall–Kier alpha value is -3.42. The van der Waals surface area contributed by atoms with Gasteiger partial charge in [-0.3, -0.25) is 30.3 Å². The highest BCUT2D eigenvalue weighted by Gasteiger charge is 2.27. The van der Waals surface area contributed by atoms with Crippen LogP contribution in [0.25, 0.3) is 0 Å². The third-order valence-corrected chi connectivity index (χ3v) is 1.94. The quantitative estimate of drug-likeness (QED) is 0.603. The molecule has 0 saturated carbocycles. The van der Waals surface area contributed by atoms with E-state index in [1.807, 2.05) is 0 Å². The largest absolute Gasteiger partial charge is 0.344 e. The number of benzene rings is 1. The van der Waals surface area contributed by atoms with E-state index in [1.54, 1.807) is 0 Å². The molecular formula is C7H9N5O9. The van der Waals surface area contributed by atoms with E-state index in [9.17, 15) is 30.3 Å². The number of nitrogens with zero attached hydrogens (tertiary/aromatic N) is 4. The number of nitro groups is 3. The van der Waals surface area contributed by atoms with Crippen molar-refractivity contribution < 1.29 is 25.1 Å². The van der Waals surface area contributed by atoms with Crippen molar-refractivity contribution in [1.29, 1.82) is 0 Å². The number of hydrogen-bond donors (Lipinski definition) is 2. The summed E-state index contributed by atoms with van der Waals surface area (Å²) in [5.41, 5.74) is -2.16. The fourth-order valence-corrected chi connectivity index (χ4v) is 1.15. The summed E-state index contributed by atoms with van der Waals surface area (Å²) in [6.07, 6.45) is 0. The molecule has 0 heterocycles. The van der Waals surface area contributed by atoms with Crippen LogP contribution in [-0.4, -0.2) is 25.1 Å². The Kier molecular flexibility index (Phi) is 7.48. The average molecular weight is 307 g/mol. The van der Waals surface area contributed by atoms with Crippen molar-refractivity contribution in [3.8, 4) is 0 Å². The third-order valence-electron chi connectivity index (χ3n) is 1.94. The first-order valence-corrected chi connectivity index (χ1v) is 4.49. The van der Waals surface area contributed by atoms with Crippen LogP contribution in [0.3, 0.4) is 0 Å². The van der Waals surface area contributed by atoms with Gasteiger partial charge in [0.2, 0.25) is 0 Å². The summed E-state index contributed by atoms with van der Waals surface area (Å²) in [6, 6.07) is 1.39. The van der Waals surface area contributed by atoms with Gasteiger partial charge in [-0.25, -0.2) is 0 Å². The van der Waals surface area contributed by atoms with Crippen LogP contribution >= 0.6 is 0 Å². The SMILES string of the molecule is Cc1c([N+](=O)[O-])cc([N+](=O)[O-])cc1[N+](=O)[O-].N.O=[N+]([O-])O. The summed E-state index contributed by atoms with van der Waals surface area (Å²) in [5, 5.41) is 45.1. The summed E-state index contributed by atoms with van der Waals surface area (Å²) in [7, 11) is 0. The summed E-state index contributed by atoms with van der Waals surface area (Å²) in [4.78, 5) is 37.1. The van der Waals surface area contributed by atoms with Crippen molar-refractivity contribution in [1.82, 2.24) is 6.15 Å². The molecule has 0 fully saturated rings. The molecule has 116 valence electrons. The van der Waals surface area contributed by atoms with Crippen molar-refractivity contribution in [3.63, 3.8) is 0 Å². The maximum atomic E-state index is 10.5. The monoisotopic (exact) mass is 307 g/mol. The van der Waals surface area contributed by atoms with E-state index in [4.69, 9.17) is 15.3 Å². The normalized spacial score (nSPS) is 8.62. The lowest BCUT2D eigenvalue weighted by atomic mass is 10.1. The summed E-state index contributed by atoms with van der Waals surface area (Å²) >= 11 is 0. The smallest absolute Gasteiger partial charge is 0.291 e. The second-order valence-corrected chi connectivity index (χ2v) is 3.12. The molecule has 0 saturated heterocycles. The van der Waals surface area contributed by atoms with E-state index in [-0.39, 0.29) is 11.7 Å². The van der Waals surface area contributed by atoms with Crippen molar-refractivity contribution in [2.45, 2.75) is 6.92 Å². The zero-order chi connectivity index (χ0) is 16.0. The molecular weight excluding hydrogens is 298 g/mol. The van der Waals surface area contributed by atoms with Gasteiger partial charge in [-0.2, -0.15) is 0 Å². The molecule has 21 heavy (non-hydrogen) atoms. The van der Waals surface area contributed by atoms with Crippen molar-refractivity contribution >= 4 is 17.1 Å². The van der Waals surface area contributed by atoms with Crippen molar-refractivity contribution in [2.24, 2.45) is 0 Å².